The maximum atomic E-state index is 14.0. The number of quaternary nitrogens is 1. The molecule has 5 aromatic rings. The molecule has 0 bridgehead atoms. The average molecular weight is 596 g/mol. The first-order chi connectivity index (χ1) is 21.1. The largest absolute Gasteiger partial charge is 0.633 e. The standard InChI is InChI=1S/C32H30FN7O4/c1-37(28(41)10-5-17-40(2,43)25-13-14-25)23-7-4-8-24(19-23)39-31-29(30(34)35-20-36-31)38(32(39)42)22-11-15-26(16-12-22)44-27-9-3-6-21(33)18-27/h3-12,15-16,18-20,25H,13-14,17H2,1-2H3,(H2,34,35,36). The Labute approximate surface area is 252 Å². The minimum absolute atomic E-state index is 0.106. The second-order valence-corrected chi connectivity index (χ2v) is 10.8. The second-order valence-electron chi connectivity index (χ2n) is 10.8. The Morgan fingerprint density at radius 3 is 2.55 bits per heavy atom. The summed E-state index contributed by atoms with van der Waals surface area (Å²) in [6.45, 7) is 0.220. The summed E-state index contributed by atoms with van der Waals surface area (Å²) in [5.41, 5.74) is 7.86. The monoisotopic (exact) mass is 595 g/mol. The summed E-state index contributed by atoms with van der Waals surface area (Å²) in [4.78, 5) is 36.8. The smallest absolute Gasteiger partial charge is 0.339 e. The normalized spacial score (nSPS) is 14.5. The van der Waals surface area contributed by atoms with E-state index in [-0.39, 0.29) is 34.6 Å². The van der Waals surface area contributed by atoms with Crippen molar-refractivity contribution in [2.75, 3.05) is 31.3 Å². The Bertz CT molecular complexity index is 1940. The number of carbonyl (C=O) groups excluding carboxylic acids is 1. The van der Waals surface area contributed by atoms with Crippen LogP contribution in [0.2, 0.25) is 0 Å². The van der Waals surface area contributed by atoms with Crippen molar-refractivity contribution in [1.82, 2.24) is 19.1 Å². The first kappa shape index (κ1) is 28.8. The van der Waals surface area contributed by atoms with Crippen molar-refractivity contribution in [2.24, 2.45) is 0 Å². The molecule has 44 heavy (non-hydrogen) atoms. The van der Waals surface area contributed by atoms with Crippen LogP contribution in [0.15, 0.2) is 96.1 Å². The average Bonchev–Trinajstić information content (AvgIpc) is 3.82. The van der Waals surface area contributed by atoms with Crippen molar-refractivity contribution in [3.8, 4) is 22.9 Å². The van der Waals surface area contributed by atoms with Crippen LogP contribution >= 0.6 is 0 Å². The molecule has 12 heteroatoms. The molecule has 1 atom stereocenters. The van der Waals surface area contributed by atoms with Crippen molar-refractivity contribution in [3.05, 3.63) is 113 Å². The van der Waals surface area contributed by atoms with Crippen LogP contribution in [0, 0.1) is 11.0 Å². The highest BCUT2D eigenvalue weighted by Crippen LogP contribution is 2.31. The van der Waals surface area contributed by atoms with Gasteiger partial charge in [0.15, 0.2) is 11.5 Å². The van der Waals surface area contributed by atoms with E-state index in [1.54, 1.807) is 80.8 Å². The number of ether oxygens (including phenoxy) is 1. The summed E-state index contributed by atoms with van der Waals surface area (Å²) in [5, 5.41) is 12.5. The highest BCUT2D eigenvalue weighted by molar-refractivity contribution is 6.01. The summed E-state index contributed by atoms with van der Waals surface area (Å²) in [6, 6.07) is 19.5. The number of aromatic nitrogens is 4. The molecule has 2 heterocycles. The molecule has 1 fully saturated rings. The Balaban J connectivity index is 1.32. The van der Waals surface area contributed by atoms with Gasteiger partial charge in [0.25, 0.3) is 5.91 Å². The number of amides is 1. The van der Waals surface area contributed by atoms with Crippen molar-refractivity contribution < 1.29 is 18.6 Å². The zero-order valence-corrected chi connectivity index (χ0v) is 24.1. The van der Waals surface area contributed by atoms with Gasteiger partial charge in [0.05, 0.1) is 31.0 Å². The molecule has 0 spiro atoms. The van der Waals surface area contributed by atoms with Gasteiger partial charge in [0, 0.05) is 37.7 Å². The molecule has 1 amide bonds. The van der Waals surface area contributed by atoms with Gasteiger partial charge in [-0.05, 0) is 60.7 Å². The maximum Gasteiger partial charge on any atom is 0.339 e. The number of imidazole rings is 1. The highest BCUT2D eigenvalue weighted by atomic mass is 19.1. The van der Waals surface area contributed by atoms with E-state index in [2.05, 4.69) is 9.97 Å². The number of hydrogen-bond acceptors (Lipinski definition) is 7. The number of likely N-dealkylation sites (N-methyl/N-ethyl adjacent to an activating group) is 2. The lowest BCUT2D eigenvalue weighted by Crippen LogP contribution is -2.40. The van der Waals surface area contributed by atoms with Crippen molar-refractivity contribution >= 4 is 28.6 Å². The number of fused-ring (bicyclic) bond motifs is 1. The van der Waals surface area contributed by atoms with Gasteiger partial charge in [-0.3, -0.25) is 9.36 Å². The molecular formula is C32H30FN7O4. The van der Waals surface area contributed by atoms with E-state index < -0.39 is 11.5 Å². The molecule has 1 unspecified atom stereocenters. The van der Waals surface area contributed by atoms with Gasteiger partial charge in [-0.2, -0.15) is 0 Å². The number of hydroxylamine groups is 3. The SMILES string of the molecule is CN(C(=O)C=CC[N+](C)([O-])C1CC1)c1cccc(-n2c(=O)n(-c3ccc(Oc4cccc(F)c4)cc3)c3c(N)ncnc32)c1. The van der Waals surface area contributed by atoms with E-state index in [4.69, 9.17) is 10.5 Å². The van der Waals surface area contributed by atoms with Crippen molar-refractivity contribution in [3.63, 3.8) is 0 Å². The quantitative estimate of drug-likeness (QED) is 0.148. The van der Waals surface area contributed by atoms with E-state index in [0.29, 0.717) is 34.1 Å². The Kier molecular flexibility index (Phi) is 7.45. The second kappa shape index (κ2) is 11.4. The minimum atomic E-state index is -0.454. The van der Waals surface area contributed by atoms with E-state index in [1.807, 2.05) is 0 Å². The zero-order chi connectivity index (χ0) is 31.0. The topological polar surface area (TPSA) is 131 Å². The predicted molar refractivity (Wildman–Crippen MR) is 165 cm³/mol. The fraction of sp³-hybridized carbons (Fsp3) is 0.188. The third-order valence-corrected chi connectivity index (χ3v) is 7.63. The van der Waals surface area contributed by atoms with Gasteiger partial charge in [0.1, 0.15) is 29.2 Å². The van der Waals surface area contributed by atoms with Crippen LogP contribution in [-0.4, -0.2) is 56.3 Å². The zero-order valence-electron chi connectivity index (χ0n) is 24.1. The molecule has 1 aliphatic rings. The van der Waals surface area contributed by atoms with Crippen LogP contribution in [0.4, 0.5) is 15.9 Å². The van der Waals surface area contributed by atoms with Crippen LogP contribution in [0.5, 0.6) is 11.5 Å². The lowest BCUT2D eigenvalue weighted by molar-refractivity contribution is -0.865. The molecule has 11 nitrogen and oxygen atoms in total. The Morgan fingerprint density at radius 2 is 1.82 bits per heavy atom. The lowest BCUT2D eigenvalue weighted by atomic mass is 10.2. The number of anilines is 2. The number of nitrogens with zero attached hydrogens (tertiary/aromatic N) is 6. The number of rotatable bonds is 9. The number of nitrogen functional groups attached to an aromatic ring is 1. The van der Waals surface area contributed by atoms with Gasteiger partial charge < -0.3 is 25.2 Å². The van der Waals surface area contributed by atoms with Crippen LogP contribution in [0.3, 0.4) is 0 Å². The fourth-order valence-electron chi connectivity index (χ4n) is 5.06. The number of benzene rings is 3. The molecule has 6 rings (SSSR count). The summed E-state index contributed by atoms with van der Waals surface area (Å²) in [7, 11) is 3.25. The maximum absolute atomic E-state index is 14.0. The summed E-state index contributed by atoms with van der Waals surface area (Å²) >= 11 is 0. The molecule has 2 aromatic heterocycles. The first-order valence-electron chi connectivity index (χ1n) is 14.0. The van der Waals surface area contributed by atoms with E-state index in [0.717, 1.165) is 12.8 Å². The first-order valence-corrected chi connectivity index (χ1v) is 14.0. The number of nitrogens with two attached hydrogens (primary N) is 1. The van der Waals surface area contributed by atoms with E-state index >= 15 is 0 Å². The summed E-state index contributed by atoms with van der Waals surface area (Å²) in [5.74, 6) is 0.167. The van der Waals surface area contributed by atoms with Gasteiger partial charge in [-0.1, -0.05) is 12.1 Å². The van der Waals surface area contributed by atoms with Crippen molar-refractivity contribution in [1.29, 1.82) is 0 Å². The third kappa shape index (κ3) is 5.68. The number of halogens is 1. The minimum Gasteiger partial charge on any atom is -0.633 e. The lowest BCUT2D eigenvalue weighted by Gasteiger charge is -2.38. The molecule has 2 N–H and O–H groups in total. The van der Waals surface area contributed by atoms with Crippen LogP contribution < -0.4 is 21.1 Å². The van der Waals surface area contributed by atoms with Crippen LogP contribution in [0.1, 0.15) is 12.8 Å². The molecule has 3 aromatic carbocycles. The van der Waals surface area contributed by atoms with Gasteiger partial charge in [-0.25, -0.2) is 23.7 Å². The van der Waals surface area contributed by atoms with Gasteiger partial charge >= 0.3 is 5.69 Å². The van der Waals surface area contributed by atoms with E-state index in [9.17, 15) is 19.2 Å². The van der Waals surface area contributed by atoms with E-state index in [1.165, 1.54) is 38.6 Å². The van der Waals surface area contributed by atoms with Crippen LogP contribution in [-0.2, 0) is 4.79 Å². The summed E-state index contributed by atoms with van der Waals surface area (Å²) < 4.78 is 21.7. The Hall–Kier alpha value is -5.33. The molecule has 0 saturated heterocycles. The molecule has 1 aliphatic carbocycles. The molecule has 0 aliphatic heterocycles. The number of hydrogen-bond donors (Lipinski definition) is 1. The highest BCUT2D eigenvalue weighted by Gasteiger charge is 2.34. The third-order valence-electron chi connectivity index (χ3n) is 7.63. The van der Waals surface area contributed by atoms with Crippen LogP contribution in [0.25, 0.3) is 22.5 Å². The number of carbonyl (C=O) groups is 1. The van der Waals surface area contributed by atoms with Gasteiger partial charge in [0.2, 0.25) is 0 Å². The molecule has 224 valence electrons. The molecular weight excluding hydrogens is 565 g/mol. The fourth-order valence-corrected chi connectivity index (χ4v) is 5.06. The Morgan fingerprint density at radius 1 is 1.07 bits per heavy atom. The predicted octanol–water partition coefficient (Wildman–Crippen LogP) is 4.71. The summed E-state index contributed by atoms with van der Waals surface area (Å²) in [6.07, 6.45) is 6.12. The molecule has 0 radical (unpaired) electrons. The molecule has 1 saturated carbocycles. The van der Waals surface area contributed by atoms with Crippen molar-refractivity contribution in [2.45, 2.75) is 18.9 Å². The van der Waals surface area contributed by atoms with Gasteiger partial charge in [-0.15, -0.1) is 0 Å².